The third kappa shape index (κ3) is 5.00. The SMILES string of the molecule is Cc1cc(-c2c3c(c(-c4ccc(-c5ccc6ccccc6c5)cc4)c4ccccc24)C=CC=CC3)ccc1-c1ccc2ccccc2c1C. The van der Waals surface area contributed by atoms with Gasteiger partial charge in [-0.25, -0.2) is 0 Å². The highest BCUT2D eigenvalue weighted by atomic mass is 14.2. The topological polar surface area (TPSA) is 0 Å². The lowest BCUT2D eigenvalue weighted by molar-refractivity contribution is 1.28. The molecule has 0 heterocycles. The summed E-state index contributed by atoms with van der Waals surface area (Å²) in [6, 6.07) is 53.8. The average Bonchev–Trinajstić information content (AvgIpc) is 3.40. The van der Waals surface area contributed by atoms with Crippen LogP contribution < -0.4 is 0 Å². The molecule has 0 aliphatic heterocycles. The van der Waals surface area contributed by atoms with E-state index in [-0.39, 0.29) is 0 Å². The van der Waals surface area contributed by atoms with Gasteiger partial charge in [-0.2, -0.15) is 0 Å². The molecule has 1 aliphatic rings. The third-order valence-corrected chi connectivity index (χ3v) is 10.5. The highest BCUT2D eigenvalue weighted by Gasteiger charge is 2.21. The molecule has 0 aromatic heterocycles. The Labute approximate surface area is 288 Å². The van der Waals surface area contributed by atoms with Crippen LogP contribution in [0.15, 0.2) is 164 Å². The molecule has 0 saturated carbocycles. The van der Waals surface area contributed by atoms with E-state index in [2.05, 4.69) is 184 Å². The maximum atomic E-state index is 2.41. The van der Waals surface area contributed by atoms with Crippen molar-refractivity contribution in [2.24, 2.45) is 0 Å². The molecule has 0 amide bonds. The van der Waals surface area contributed by atoms with Gasteiger partial charge in [0.05, 0.1) is 0 Å². The van der Waals surface area contributed by atoms with Crippen LogP contribution in [0.25, 0.3) is 82.9 Å². The molecule has 0 nitrogen and oxygen atoms in total. The molecule has 0 N–H and O–H groups in total. The van der Waals surface area contributed by atoms with Crippen molar-refractivity contribution in [3.8, 4) is 44.5 Å². The Kier molecular flexibility index (Phi) is 7.10. The Balaban J connectivity index is 1.19. The standard InChI is InChI=1S/C49H36/c1-32-30-40(27-28-41(32)43-29-26-36-13-8-9-15-42(36)33(43)2)49-46-17-5-3-4-16-44(46)48(45-18-10-11-19-47(45)49)37-23-20-35(21-24-37)39-25-22-34-12-6-7-14-38(34)31-39/h3-16,18-31H,17H2,1-2H3. The van der Waals surface area contributed by atoms with E-state index in [1.807, 2.05) is 0 Å². The molecule has 0 spiro atoms. The van der Waals surface area contributed by atoms with Gasteiger partial charge in [-0.15, -0.1) is 0 Å². The molecular formula is C49H36. The fraction of sp³-hybridized carbons (Fsp3) is 0.0612. The summed E-state index contributed by atoms with van der Waals surface area (Å²) in [6.07, 6.45) is 9.90. The van der Waals surface area contributed by atoms with Crippen molar-refractivity contribution in [3.63, 3.8) is 0 Å². The van der Waals surface area contributed by atoms with Crippen LogP contribution in [0.2, 0.25) is 0 Å². The van der Waals surface area contributed by atoms with Gasteiger partial charge in [0.1, 0.15) is 0 Å². The van der Waals surface area contributed by atoms with Gasteiger partial charge in [0.15, 0.2) is 0 Å². The van der Waals surface area contributed by atoms with Gasteiger partial charge in [-0.1, -0.05) is 164 Å². The quantitative estimate of drug-likeness (QED) is 0.183. The summed E-state index contributed by atoms with van der Waals surface area (Å²) in [6.45, 7) is 4.52. The first-order chi connectivity index (χ1) is 24.1. The zero-order valence-corrected chi connectivity index (χ0v) is 27.9. The Hall–Kier alpha value is -5.98. The minimum atomic E-state index is 0.884. The lowest BCUT2D eigenvalue weighted by Gasteiger charge is -2.22. The molecule has 0 radical (unpaired) electrons. The van der Waals surface area contributed by atoms with E-state index in [9.17, 15) is 0 Å². The summed E-state index contributed by atoms with van der Waals surface area (Å²) in [5, 5.41) is 7.73. The molecule has 0 heteroatoms. The molecule has 8 aromatic rings. The summed E-state index contributed by atoms with van der Waals surface area (Å²) in [5.41, 5.74) is 15.6. The predicted octanol–water partition coefficient (Wildman–Crippen LogP) is 13.6. The smallest absolute Gasteiger partial charge is 0.00295 e. The van der Waals surface area contributed by atoms with Crippen molar-refractivity contribution >= 4 is 38.4 Å². The minimum Gasteiger partial charge on any atom is -0.0801 e. The van der Waals surface area contributed by atoms with E-state index in [1.54, 1.807) is 0 Å². The van der Waals surface area contributed by atoms with Crippen LogP contribution in [0.4, 0.5) is 0 Å². The molecule has 0 fully saturated rings. The largest absolute Gasteiger partial charge is 0.0801 e. The van der Waals surface area contributed by atoms with E-state index in [1.165, 1.54) is 99.1 Å². The van der Waals surface area contributed by atoms with E-state index >= 15 is 0 Å². The lowest BCUT2D eigenvalue weighted by Crippen LogP contribution is -1.99. The summed E-state index contributed by atoms with van der Waals surface area (Å²) in [5.74, 6) is 0. The Morgan fingerprint density at radius 2 is 1.04 bits per heavy atom. The zero-order valence-electron chi connectivity index (χ0n) is 27.9. The Bertz CT molecular complexity index is 2630. The van der Waals surface area contributed by atoms with E-state index in [0.717, 1.165) is 6.42 Å². The second-order valence-electron chi connectivity index (χ2n) is 13.3. The molecule has 49 heavy (non-hydrogen) atoms. The normalized spacial score (nSPS) is 12.4. The van der Waals surface area contributed by atoms with Crippen molar-refractivity contribution in [2.45, 2.75) is 20.3 Å². The number of rotatable bonds is 4. The second-order valence-corrected chi connectivity index (χ2v) is 13.3. The van der Waals surface area contributed by atoms with Gasteiger partial charge >= 0.3 is 0 Å². The number of benzene rings is 8. The summed E-state index contributed by atoms with van der Waals surface area (Å²) in [7, 11) is 0. The van der Waals surface area contributed by atoms with Crippen molar-refractivity contribution in [3.05, 3.63) is 186 Å². The number of allylic oxidation sites excluding steroid dienone is 3. The molecule has 0 atom stereocenters. The van der Waals surface area contributed by atoms with Crippen molar-refractivity contribution in [1.29, 1.82) is 0 Å². The van der Waals surface area contributed by atoms with Crippen LogP contribution in [0.3, 0.4) is 0 Å². The molecule has 1 aliphatic carbocycles. The van der Waals surface area contributed by atoms with Crippen molar-refractivity contribution in [1.82, 2.24) is 0 Å². The monoisotopic (exact) mass is 624 g/mol. The Morgan fingerprint density at radius 1 is 0.429 bits per heavy atom. The minimum absolute atomic E-state index is 0.884. The number of fused-ring (bicyclic) bond motifs is 4. The number of hydrogen-bond donors (Lipinski definition) is 0. The van der Waals surface area contributed by atoms with Gasteiger partial charge in [-0.05, 0) is 125 Å². The highest BCUT2D eigenvalue weighted by Crippen LogP contribution is 2.45. The van der Waals surface area contributed by atoms with Crippen molar-refractivity contribution < 1.29 is 0 Å². The van der Waals surface area contributed by atoms with Crippen LogP contribution >= 0.6 is 0 Å². The molecule has 232 valence electrons. The van der Waals surface area contributed by atoms with Crippen LogP contribution in [-0.2, 0) is 6.42 Å². The molecule has 9 rings (SSSR count). The number of hydrogen-bond acceptors (Lipinski definition) is 0. The second kappa shape index (κ2) is 11.9. The first-order valence-corrected chi connectivity index (χ1v) is 17.2. The first-order valence-electron chi connectivity index (χ1n) is 17.2. The van der Waals surface area contributed by atoms with Gasteiger partial charge in [-0.3, -0.25) is 0 Å². The van der Waals surface area contributed by atoms with E-state index in [4.69, 9.17) is 0 Å². The average molecular weight is 625 g/mol. The predicted molar refractivity (Wildman–Crippen MR) is 212 cm³/mol. The zero-order chi connectivity index (χ0) is 32.9. The molecule has 0 bridgehead atoms. The summed E-state index contributed by atoms with van der Waals surface area (Å²) < 4.78 is 0. The van der Waals surface area contributed by atoms with E-state index < -0.39 is 0 Å². The van der Waals surface area contributed by atoms with Crippen molar-refractivity contribution in [2.75, 3.05) is 0 Å². The highest BCUT2D eigenvalue weighted by molar-refractivity contribution is 6.10. The first kappa shape index (κ1) is 29.2. The third-order valence-electron chi connectivity index (χ3n) is 10.5. The van der Waals surface area contributed by atoms with Crippen LogP contribution in [0, 0.1) is 13.8 Å². The van der Waals surface area contributed by atoms with Gasteiger partial charge in [0, 0.05) is 0 Å². The lowest BCUT2D eigenvalue weighted by atomic mass is 9.81. The fourth-order valence-electron chi connectivity index (χ4n) is 8.00. The van der Waals surface area contributed by atoms with Crippen LogP contribution in [0.5, 0.6) is 0 Å². The van der Waals surface area contributed by atoms with Gasteiger partial charge in [0.2, 0.25) is 0 Å². The summed E-state index contributed by atoms with van der Waals surface area (Å²) in [4.78, 5) is 0. The fourth-order valence-corrected chi connectivity index (χ4v) is 8.00. The van der Waals surface area contributed by atoms with Crippen LogP contribution in [0.1, 0.15) is 22.3 Å². The van der Waals surface area contributed by atoms with Gasteiger partial charge < -0.3 is 0 Å². The van der Waals surface area contributed by atoms with E-state index in [0.29, 0.717) is 0 Å². The van der Waals surface area contributed by atoms with Crippen LogP contribution in [-0.4, -0.2) is 0 Å². The molecular weight excluding hydrogens is 589 g/mol. The molecule has 0 unspecified atom stereocenters. The molecule has 8 aromatic carbocycles. The maximum absolute atomic E-state index is 2.41. The maximum Gasteiger partial charge on any atom is -0.00295 e. The van der Waals surface area contributed by atoms with Gasteiger partial charge in [0.25, 0.3) is 0 Å². The summed E-state index contributed by atoms with van der Waals surface area (Å²) >= 11 is 0. The number of aryl methyl sites for hydroxylation is 2. The molecule has 0 saturated heterocycles. The Morgan fingerprint density at radius 3 is 1.84 bits per heavy atom.